The van der Waals surface area contributed by atoms with Crippen molar-refractivity contribution in [1.82, 2.24) is 4.57 Å². The number of halogens is 2. The fraction of sp³-hybridized carbons (Fsp3) is 0.346. The van der Waals surface area contributed by atoms with Crippen molar-refractivity contribution in [2.24, 2.45) is 0 Å². The number of esters is 1. The highest BCUT2D eigenvalue weighted by Gasteiger charge is 2.23. The van der Waals surface area contributed by atoms with Crippen LogP contribution in [0.25, 0.3) is 10.9 Å². The summed E-state index contributed by atoms with van der Waals surface area (Å²) in [6.07, 6.45) is 2.43. The second-order valence-corrected chi connectivity index (χ2v) is 8.85. The average molecular weight is 504 g/mol. The lowest BCUT2D eigenvalue weighted by atomic mass is 10.0. The Bertz CT molecular complexity index is 1230. The number of ether oxygens (including phenoxy) is 2. The smallest absolute Gasteiger partial charge is 0.313 e. The van der Waals surface area contributed by atoms with Crippen molar-refractivity contribution in [2.75, 3.05) is 13.7 Å². The molecule has 0 radical (unpaired) electrons. The zero-order chi connectivity index (χ0) is 24.8. The standard InChI is InChI=1S/C26H27Cl2NO5/c1-4-5-6-11-34-25(31)14-18(30)13-20-16(2)29(24-10-8-19(33-3)15-21(20)24)26(32)17-7-9-22(27)23(28)12-17/h7-10,12,15H,4-6,11,13-14H2,1-3H3. The molecule has 8 heteroatoms. The Kier molecular flexibility index (Phi) is 8.75. The summed E-state index contributed by atoms with van der Waals surface area (Å²) in [6.45, 7) is 4.15. The molecular formula is C26H27Cl2NO5. The highest BCUT2D eigenvalue weighted by Crippen LogP contribution is 2.32. The van der Waals surface area contributed by atoms with Gasteiger partial charge in [-0.3, -0.25) is 19.0 Å². The Balaban J connectivity index is 1.93. The van der Waals surface area contributed by atoms with E-state index in [2.05, 4.69) is 6.92 Å². The molecule has 0 amide bonds. The van der Waals surface area contributed by atoms with E-state index in [4.69, 9.17) is 32.7 Å². The van der Waals surface area contributed by atoms with Crippen LogP contribution >= 0.6 is 23.2 Å². The molecule has 0 aliphatic carbocycles. The summed E-state index contributed by atoms with van der Waals surface area (Å²) in [5, 5.41) is 1.33. The van der Waals surface area contributed by atoms with Crippen molar-refractivity contribution in [2.45, 2.75) is 46.0 Å². The van der Waals surface area contributed by atoms with E-state index in [1.165, 1.54) is 6.07 Å². The number of fused-ring (bicyclic) bond motifs is 1. The molecule has 0 fully saturated rings. The number of hydrogen-bond acceptors (Lipinski definition) is 5. The number of benzene rings is 2. The van der Waals surface area contributed by atoms with Crippen LogP contribution in [0, 0.1) is 6.92 Å². The van der Waals surface area contributed by atoms with Crippen molar-refractivity contribution in [3.8, 4) is 5.75 Å². The van der Waals surface area contributed by atoms with Crippen LogP contribution in [0.15, 0.2) is 36.4 Å². The summed E-state index contributed by atoms with van der Waals surface area (Å²) in [4.78, 5) is 38.2. The van der Waals surface area contributed by atoms with E-state index in [-0.39, 0.29) is 29.6 Å². The van der Waals surface area contributed by atoms with Gasteiger partial charge in [0.25, 0.3) is 5.91 Å². The number of unbranched alkanes of at least 4 members (excludes halogenated alkanes) is 2. The number of methoxy groups -OCH3 is 1. The minimum absolute atomic E-state index is 0.0127. The highest BCUT2D eigenvalue weighted by molar-refractivity contribution is 6.42. The van der Waals surface area contributed by atoms with Crippen LogP contribution in [0.5, 0.6) is 5.75 Å². The Labute approximate surface area is 208 Å². The third-order valence-corrected chi connectivity index (χ3v) is 6.38. The van der Waals surface area contributed by atoms with Gasteiger partial charge in [0.05, 0.1) is 29.3 Å². The maximum Gasteiger partial charge on any atom is 0.313 e. The van der Waals surface area contributed by atoms with Gasteiger partial charge in [-0.25, -0.2) is 0 Å². The Hall–Kier alpha value is -2.83. The summed E-state index contributed by atoms with van der Waals surface area (Å²) in [7, 11) is 1.55. The van der Waals surface area contributed by atoms with Crippen molar-refractivity contribution < 1.29 is 23.9 Å². The van der Waals surface area contributed by atoms with E-state index < -0.39 is 5.97 Å². The molecule has 0 saturated carbocycles. The van der Waals surface area contributed by atoms with Crippen LogP contribution in [0.2, 0.25) is 10.0 Å². The zero-order valence-corrected chi connectivity index (χ0v) is 21.0. The number of nitrogens with zero attached hydrogens (tertiary/aromatic N) is 1. The third-order valence-electron chi connectivity index (χ3n) is 5.64. The van der Waals surface area contributed by atoms with E-state index in [0.717, 1.165) is 19.3 Å². The van der Waals surface area contributed by atoms with Crippen LogP contribution in [-0.2, 0) is 20.7 Å². The molecular weight excluding hydrogens is 477 g/mol. The van der Waals surface area contributed by atoms with Crippen molar-refractivity contribution in [1.29, 1.82) is 0 Å². The minimum Gasteiger partial charge on any atom is -0.497 e. The van der Waals surface area contributed by atoms with Crippen molar-refractivity contribution >= 4 is 51.8 Å². The topological polar surface area (TPSA) is 74.6 Å². The van der Waals surface area contributed by atoms with Crippen LogP contribution in [0.3, 0.4) is 0 Å². The first-order valence-electron chi connectivity index (χ1n) is 11.1. The van der Waals surface area contributed by atoms with Gasteiger partial charge in [0.15, 0.2) is 0 Å². The SMILES string of the molecule is CCCCCOC(=O)CC(=O)Cc1c(C)n(C(=O)c2ccc(Cl)c(Cl)c2)c2ccc(OC)cc12. The molecule has 0 bridgehead atoms. The van der Waals surface area contributed by atoms with Gasteiger partial charge in [-0.15, -0.1) is 0 Å². The van der Waals surface area contributed by atoms with E-state index in [0.29, 0.717) is 45.1 Å². The van der Waals surface area contributed by atoms with Crippen molar-refractivity contribution in [3.63, 3.8) is 0 Å². The molecule has 3 rings (SSSR count). The quantitative estimate of drug-likeness (QED) is 0.187. The van der Waals surface area contributed by atoms with Gasteiger partial charge in [-0.1, -0.05) is 43.0 Å². The Morgan fingerprint density at radius 2 is 1.76 bits per heavy atom. The minimum atomic E-state index is -0.535. The molecule has 6 nitrogen and oxygen atoms in total. The zero-order valence-electron chi connectivity index (χ0n) is 19.5. The monoisotopic (exact) mass is 503 g/mol. The van der Waals surface area contributed by atoms with Gasteiger partial charge < -0.3 is 9.47 Å². The summed E-state index contributed by atoms with van der Waals surface area (Å²) in [6, 6.07) is 9.99. The van der Waals surface area contributed by atoms with Gasteiger partial charge in [-0.05, 0) is 55.3 Å². The van der Waals surface area contributed by atoms with Crippen LogP contribution in [0.4, 0.5) is 0 Å². The molecule has 1 aromatic heterocycles. The number of hydrogen-bond donors (Lipinski definition) is 0. The normalized spacial score (nSPS) is 11.0. The molecule has 34 heavy (non-hydrogen) atoms. The molecule has 180 valence electrons. The largest absolute Gasteiger partial charge is 0.497 e. The van der Waals surface area contributed by atoms with E-state index in [1.54, 1.807) is 48.9 Å². The maximum absolute atomic E-state index is 13.4. The van der Waals surface area contributed by atoms with Gasteiger partial charge >= 0.3 is 5.97 Å². The fourth-order valence-corrected chi connectivity index (χ4v) is 4.14. The van der Waals surface area contributed by atoms with E-state index >= 15 is 0 Å². The van der Waals surface area contributed by atoms with Crippen molar-refractivity contribution in [3.05, 3.63) is 63.3 Å². The average Bonchev–Trinajstić information content (AvgIpc) is 3.08. The molecule has 0 spiro atoms. The summed E-state index contributed by atoms with van der Waals surface area (Å²) < 4.78 is 12.1. The maximum atomic E-state index is 13.4. The highest BCUT2D eigenvalue weighted by atomic mass is 35.5. The Morgan fingerprint density at radius 3 is 2.44 bits per heavy atom. The number of ketones is 1. The lowest BCUT2D eigenvalue weighted by Crippen LogP contribution is -2.16. The first-order valence-corrected chi connectivity index (χ1v) is 11.9. The van der Waals surface area contributed by atoms with Gasteiger partial charge in [0, 0.05) is 23.1 Å². The predicted octanol–water partition coefficient (Wildman–Crippen LogP) is 6.19. The van der Waals surface area contributed by atoms with Gasteiger partial charge in [-0.2, -0.15) is 0 Å². The van der Waals surface area contributed by atoms with E-state index in [1.807, 2.05) is 0 Å². The lowest BCUT2D eigenvalue weighted by Gasteiger charge is -2.09. The van der Waals surface area contributed by atoms with Crippen LogP contribution in [0.1, 0.15) is 54.2 Å². The molecule has 0 atom stereocenters. The number of carbonyl (C=O) groups is 3. The van der Waals surface area contributed by atoms with Crippen LogP contribution in [-0.4, -0.2) is 35.9 Å². The molecule has 0 aliphatic rings. The second kappa shape index (κ2) is 11.5. The fourth-order valence-electron chi connectivity index (χ4n) is 3.84. The molecule has 2 aromatic carbocycles. The van der Waals surface area contributed by atoms with Crippen LogP contribution < -0.4 is 4.74 Å². The number of Topliss-reactive ketones (excluding diaryl/α,β-unsaturated/α-hetero) is 1. The summed E-state index contributed by atoms with van der Waals surface area (Å²) in [5.41, 5.74) is 2.24. The number of carbonyl (C=O) groups excluding carboxylic acids is 3. The third kappa shape index (κ3) is 5.80. The molecule has 0 unspecified atom stereocenters. The molecule has 0 aliphatic heterocycles. The first-order chi connectivity index (χ1) is 16.3. The second-order valence-electron chi connectivity index (χ2n) is 8.04. The number of rotatable bonds is 10. The Morgan fingerprint density at radius 1 is 1.00 bits per heavy atom. The van der Waals surface area contributed by atoms with Gasteiger partial charge in [0.2, 0.25) is 0 Å². The molecule has 0 N–H and O–H groups in total. The number of aromatic nitrogens is 1. The van der Waals surface area contributed by atoms with E-state index in [9.17, 15) is 14.4 Å². The molecule has 1 heterocycles. The van der Waals surface area contributed by atoms with Gasteiger partial charge in [0.1, 0.15) is 18.0 Å². The lowest BCUT2D eigenvalue weighted by molar-refractivity contribution is -0.146. The molecule has 3 aromatic rings. The predicted molar refractivity (Wildman–Crippen MR) is 133 cm³/mol. The molecule has 0 saturated heterocycles. The summed E-state index contributed by atoms with van der Waals surface area (Å²) >= 11 is 12.1. The summed E-state index contributed by atoms with van der Waals surface area (Å²) in [5.74, 6) is -0.532. The first kappa shape index (κ1) is 25.8.